The molecule has 3 fully saturated rings. The molecule has 24 heavy (non-hydrogen) atoms. The lowest BCUT2D eigenvalue weighted by Gasteiger charge is -2.40. The van der Waals surface area contributed by atoms with Gasteiger partial charge in [-0.05, 0) is 42.2 Å². The largest absolute Gasteiger partial charge is 0.288 e. The van der Waals surface area contributed by atoms with Gasteiger partial charge < -0.3 is 0 Å². The lowest BCUT2D eigenvalue weighted by Crippen LogP contribution is -2.45. The van der Waals surface area contributed by atoms with Crippen LogP contribution in [0.25, 0.3) is 0 Å². The molecule has 2 amide bonds. The van der Waals surface area contributed by atoms with E-state index < -0.39 is 0 Å². The van der Waals surface area contributed by atoms with Gasteiger partial charge in [0.25, 0.3) is 5.91 Å². The predicted molar refractivity (Wildman–Crippen MR) is 93.6 cm³/mol. The van der Waals surface area contributed by atoms with Crippen LogP contribution in [0, 0.1) is 10.8 Å². The SMILES string of the molecule is CC1(C)C[C@H]2C[C@@](C)(CN2[C@@H]2CC(=O)N(c3ccccc3)C2=O)C1. The predicted octanol–water partition coefficient (Wildman–Crippen LogP) is 3.22. The van der Waals surface area contributed by atoms with Crippen molar-refractivity contribution in [1.82, 2.24) is 4.90 Å². The van der Waals surface area contributed by atoms with Crippen molar-refractivity contribution in [1.29, 1.82) is 0 Å². The summed E-state index contributed by atoms with van der Waals surface area (Å²) in [6, 6.07) is 9.47. The standard InChI is InChI=1S/C20H26N2O2/c1-19(2)10-15-11-20(3,12-19)13-21(15)16-9-17(23)22(18(16)24)14-7-5-4-6-8-14/h4-8,15-16H,9-13H2,1-3H3/t15-,16+,20+/m0/s1. The van der Waals surface area contributed by atoms with E-state index in [2.05, 4.69) is 25.7 Å². The second-order valence-electron chi connectivity index (χ2n) is 9.01. The van der Waals surface area contributed by atoms with E-state index in [1.807, 2.05) is 30.3 Å². The fourth-order valence-electron chi connectivity index (χ4n) is 5.59. The minimum absolute atomic E-state index is 0.0415. The van der Waals surface area contributed by atoms with E-state index in [1.54, 1.807) is 0 Å². The highest BCUT2D eigenvalue weighted by Gasteiger charge is 2.54. The zero-order valence-electron chi connectivity index (χ0n) is 14.8. The molecule has 3 aliphatic rings. The monoisotopic (exact) mass is 326 g/mol. The second kappa shape index (κ2) is 5.16. The number of benzene rings is 1. The minimum Gasteiger partial charge on any atom is -0.288 e. The molecule has 0 spiro atoms. The fourth-order valence-corrected chi connectivity index (χ4v) is 5.59. The van der Waals surface area contributed by atoms with Gasteiger partial charge in [-0.3, -0.25) is 14.5 Å². The van der Waals surface area contributed by atoms with E-state index in [-0.39, 0.29) is 23.3 Å². The molecule has 2 bridgehead atoms. The number of fused-ring (bicyclic) bond motifs is 2. The highest BCUT2D eigenvalue weighted by Crippen LogP contribution is 2.53. The van der Waals surface area contributed by atoms with Crippen molar-refractivity contribution >= 4 is 17.5 Å². The third kappa shape index (κ3) is 2.48. The van der Waals surface area contributed by atoms with Gasteiger partial charge in [0, 0.05) is 12.6 Å². The Bertz CT molecular complexity index is 684. The van der Waals surface area contributed by atoms with Crippen molar-refractivity contribution in [2.45, 2.75) is 58.5 Å². The zero-order chi connectivity index (χ0) is 17.1. The number of para-hydroxylation sites is 1. The third-order valence-electron chi connectivity index (χ3n) is 5.99. The first-order valence-electron chi connectivity index (χ1n) is 8.96. The molecule has 0 aromatic heterocycles. The van der Waals surface area contributed by atoms with Crippen LogP contribution >= 0.6 is 0 Å². The number of amides is 2. The summed E-state index contributed by atoms with van der Waals surface area (Å²) in [6.07, 6.45) is 3.79. The Morgan fingerprint density at radius 2 is 1.75 bits per heavy atom. The molecule has 4 nitrogen and oxygen atoms in total. The Morgan fingerprint density at radius 3 is 2.46 bits per heavy atom. The lowest BCUT2D eigenvalue weighted by molar-refractivity contribution is -0.123. The summed E-state index contributed by atoms with van der Waals surface area (Å²) in [5.41, 5.74) is 1.29. The summed E-state index contributed by atoms with van der Waals surface area (Å²) in [6.45, 7) is 7.95. The van der Waals surface area contributed by atoms with Gasteiger partial charge in [-0.1, -0.05) is 39.0 Å². The van der Waals surface area contributed by atoms with Gasteiger partial charge in [-0.25, -0.2) is 4.90 Å². The maximum Gasteiger partial charge on any atom is 0.251 e. The number of carbonyl (C=O) groups excluding carboxylic acids is 2. The fraction of sp³-hybridized carbons (Fsp3) is 0.600. The minimum atomic E-state index is -0.279. The van der Waals surface area contributed by atoms with Crippen molar-refractivity contribution in [3.8, 4) is 0 Å². The molecular weight excluding hydrogens is 300 g/mol. The van der Waals surface area contributed by atoms with Crippen LogP contribution in [0.15, 0.2) is 30.3 Å². The first kappa shape index (κ1) is 15.8. The van der Waals surface area contributed by atoms with Crippen LogP contribution in [-0.2, 0) is 9.59 Å². The van der Waals surface area contributed by atoms with E-state index in [9.17, 15) is 9.59 Å². The number of hydrogen-bond donors (Lipinski definition) is 0. The molecule has 0 N–H and O–H groups in total. The van der Waals surface area contributed by atoms with Gasteiger partial charge in [0.2, 0.25) is 5.91 Å². The van der Waals surface area contributed by atoms with Crippen molar-refractivity contribution < 1.29 is 9.59 Å². The number of likely N-dealkylation sites (tertiary alicyclic amines) is 1. The summed E-state index contributed by atoms with van der Waals surface area (Å²) < 4.78 is 0. The summed E-state index contributed by atoms with van der Waals surface area (Å²) in [7, 11) is 0. The highest BCUT2D eigenvalue weighted by molar-refractivity contribution is 6.22. The van der Waals surface area contributed by atoms with Gasteiger partial charge in [0.05, 0.1) is 18.2 Å². The number of carbonyl (C=O) groups is 2. The summed E-state index contributed by atoms with van der Waals surface area (Å²) >= 11 is 0. The summed E-state index contributed by atoms with van der Waals surface area (Å²) in [5.74, 6) is -0.109. The van der Waals surface area contributed by atoms with Gasteiger partial charge in [0.1, 0.15) is 0 Å². The topological polar surface area (TPSA) is 40.6 Å². The molecule has 128 valence electrons. The van der Waals surface area contributed by atoms with Crippen LogP contribution in [0.3, 0.4) is 0 Å². The molecule has 2 heterocycles. The Kier molecular flexibility index (Phi) is 3.40. The molecule has 3 atom stereocenters. The maximum atomic E-state index is 13.0. The molecule has 1 aromatic carbocycles. The van der Waals surface area contributed by atoms with Gasteiger partial charge in [-0.2, -0.15) is 0 Å². The molecule has 4 rings (SSSR count). The smallest absolute Gasteiger partial charge is 0.251 e. The Balaban J connectivity index is 1.60. The highest BCUT2D eigenvalue weighted by atomic mass is 16.2. The molecule has 2 aliphatic heterocycles. The Labute approximate surface area is 143 Å². The van der Waals surface area contributed by atoms with Gasteiger partial charge in [-0.15, -0.1) is 0 Å². The molecule has 1 saturated carbocycles. The van der Waals surface area contributed by atoms with Gasteiger partial charge in [0.15, 0.2) is 0 Å². The number of rotatable bonds is 2. The van der Waals surface area contributed by atoms with Crippen LogP contribution in [0.4, 0.5) is 5.69 Å². The zero-order valence-corrected chi connectivity index (χ0v) is 14.8. The van der Waals surface area contributed by atoms with Crippen LogP contribution in [0.1, 0.15) is 46.5 Å². The Morgan fingerprint density at radius 1 is 1.04 bits per heavy atom. The van der Waals surface area contributed by atoms with Crippen molar-refractivity contribution in [3.63, 3.8) is 0 Å². The molecule has 0 radical (unpaired) electrons. The Hall–Kier alpha value is -1.68. The summed E-state index contributed by atoms with van der Waals surface area (Å²) in [5, 5.41) is 0. The quantitative estimate of drug-likeness (QED) is 0.784. The lowest BCUT2D eigenvalue weighted by atomic mass is 9.65. The average Bonchev–Trinajstić information content (AvgIpc) is 2.91. The van der Waals surface area contributed by atoms with E-state index in [1.165, 1.54) is 11.3 Å². The molecule has 1 aliphatic carbocycles. The molecular formula is C20H26N2O2. The molecule has 0 unspecified atom stereocenters. The van der Waals surface area contributed by atoms with Crippen LogP contribution < -0.4 is 4.90 Å². The van der Waals surface area contributed by atoms with Crippen LogP contribution in [0.5, 0.6) is 0 Å². The molecule has 1 aromatic rings. The van der Waals surface area contributed by atoms with E-state index in [0.29, 0.717) is 23.6 Å². The van der Waals surface area contributed by atoms with E-state index in [0.717, 1.165) is 19.4 Å². The summed E-state index contributed by atoms with van der Waals surface area (Å²) in [4.78, 5) is 29.3. The normalized spacial score (nSPS) is 35.7. The molecule has 4 heteroatoms. The second-order valence-corrected chi connectivity index (χ2v) is 9.01. The van der Waals surface area contributed by atoms with E-state index >= 15 is 0 Å². The number of anilines is 1. The van der Waals surface area contributed by atoms with Crippen molar-refractivity contribution in [2.75, 3.05) is 11.4 Å². The van der Waals surface area contributed by atoms with E-state index in [4.69, 9.17) is 0 Å². The first-order valence-corrected chi connectivity index (χ1v) is 8.96. The molecule has 2 saturated heterocycles. The van der Waals surface area contributed by atoms with Crippen molar-refractivity contribution in [2.24, 2.45) is 10.8 Å². The average molecular weight is 326 g/mol. The number of hydrogen-bond acceptors (Lipinski definition) is 3. The van der Waals surface area contributed by atoms with Crippen LogP contribution in [0.2, 0.25) is 0 Å². The van der Waals surface area contributed by atoms with Crippen LogP contribution in [-0.4, -0.2) is 35.3 Å². The third-order valence-corrected chi connectivity index (χ3v) is 5.99. The maximum absolute atomic E-state index is 13.0. The first-order chi connectivity index (χ1) is 11.3. The van der Waals surface area contributed by atoms with Gasteiger partial charge >= 0.3 is 0 Å². The number of nitrogens with zero attached hydrogens (tertiary/aromatic N) is 2. The number of imide groups is 1. The van der Waals surface area contributed by atoms with Crippen molar-refractivity contribution in [3.05, 3.63) is 30.3 Å².